The van der Waals surface area contributed by atoms with Crippen molar-refractivity contribution in [2.45, 2.75) is 259 Å². The number of unbranched alkanes of at least 4 members (excludes halogenated alkanes) is 22. The van der Waals surface area contributed by atoms with Gasteiger partial charge in [0.1, 0.15) is 25.4 Å². The molecule has 638 valence electrons. The first-order valence-electron chi connectivity index (χ1n) is 40.8. The van der Waals surface area contributed by atoms with Gasteiger partial charge in [-0.3, -0.25) is 27.7 Å². The quantitative estimate of drug-likeness (QED) is 0.00901. The number of phosphoric ester groups is 2. The SMILES string of the molecule is C.CB(O)N(C)CCO.CCCCCCCC/C=C/CCCCCCCC(=O)OCC(COP(=O)([O-])OCC[NH3+])OC(=O)CCCCCCC/C=C/CCCCCCCC.COP(=O)(OCCN(C)B(C)O)OCC(COCc1ccccc1)OCc1ccccc1.OCC(COCc1ccccc1)OCc1ccccc1. The van der Waals surface area contributed by atoms with Gasteiger partial charge < -0.3 is 78.0 Å². The zero-order chi connectivity index (χ0) is 81.4. The second kappa shape index (κ2) is 75.0. The van der Waals surface area contributed by atoms with Gasteiger partial charge >= 0.3 is 33.9 Å². The topological polar surface area (TPSA) is 308 Å². The van der Waals surface area contributed by atoms with Gasteiger partial charge in [0, 0.05) is 33.0 Å². The standard InChI is InChI=1S/C41H78NO8P.C22H33BNO7P.C17H20O3.C4H12BNO2.CH4/c1-3-5-7-9-11-13-15-17-19-21-23-25-27-29-31-33-40(43)47-37-39(38-49-51(45,46)48-36-35-42)50-41(44)34-32-30-28-26-24-22-20-18-16-14-12-10-8-6-4-2;1-23(25)24(2)14-15-30-32(26,27-3)31-19-22(29-17-21-12-8-5-9-13-21)18-28-16-20-10-6-4-7-11-20;18-11-17(20-13-16-9-5-2-6-10-16)14-19-12-15-7-3-1-4-8-15;1-5(8)6(2)3-4-7;/h17-20,39H,3-16,21-38,42H2,1-2H3,(H,45,46);4-13,22,25H,14-19H2,1-3H3;1-10,17-18H,11-14H2;7-8H,3-4H2,1-2H3;1H4/b19-17+,20-18+;;;;. The molecular formula is C85H147B2N3O20P2. The number of hydrogen-bond donors (Lipinski definition) is 5. The van der Waals surface area contributed by atoms with E-state index >= 15 is 0 Å². The highest BCUT2D eigenvalue weighted by atomic mass is 31.2. The first kappa shape index (κ1) is 107. The molecule has 0 saturated heterocycles. The highest BCUT2D eigenvalue weighted by Gasteiger charge is 2.28. The van der Waals surface area contributed by atoms with Crippen LogP contribution in [0.3, 0.4) is 0 Å². The maximum Gasteiger partial charge on any atom is 0.474 e. The first-order valence-corrected chi connectivity index (χ1v) is 43.8. The summed E-state index contributed by atoms with van der Waals surface area (Å²) in [4.78, 5) is 40.2. The summed E-state index contributed by atoms with van der Waals surface area (Å²) in [5.41, 5.74) is 7.81. The molecule has 0 aliphatic heterocycles. The van der Waals surface area contributed by atoms with Crippen molar-refractivity contribution in [3.8, 4) is 0 Å². The Kier molecular flexibility index (Phi) is 71.8. The van der Waals surface area contributed by atoms with Crippen LogP contribution in [0.1, 0.15) is 223 Å². The fourth-order valence-corrected chi connectivity index (χ4v) is 12.2. The number of quaternary nitrogens is 1. The Morgan fingerprint density at radius 1 is 0.473 bits per heavy atom. The number of phosphoric acid groups is 2. The van der Waals surface area contributed by atoms with Crippen LogP contribution in [0.25, 0.3) is 0 Å². The molecule has 0 fully saturated rings. The van der Waals surface area contributed by atoms with Gasteiger partial charge in [-0.2, -0.15) is 0 Å². The lowest BCUT2D eigenvalue weighted by molar-refractivity contribution is -0.373. The van der Waals surface area contributed by atoms with Crippen LogP contribution in [0.15, 0.2) is 146 Å². The molecule has 23 nitrogen and oxygen atoms in total. The third kappa shape index (κ3) is 65.4. The largest absolute Gasteiger partial charge is 0.756 e. The molecule has 0 saturated carbocycles. The summed E-state index contributed by atoms with van der Waals surface area (Å²) < 4.78 is 84.0. The van der Waals surface area contributed by atoms with E-state index in [4.69, 9.17) is 61.2 Å². The minimum absolute atomic E-state index is 0. The summed E-state index contributed by atoms with van der Waals surface area (Å²) >= 11 is 0. The van der Waals surface area contributed by atoms with Gasteiger partial charge in [-0.05, 0) is 114 Å². The molecule has 112 heavy (non-hydrogen) atoms. The predicted octanol–water partition coefficient (Wildman–Crippen LogP) is 16.3. The number of rotatable bonds is 66. The van der Waals surface area contributed by atoms with E-state index < -0.39 is 60.5 Å². The molecule has 7 N–H and O–H groups in total. The van der Waals surface area contributed by atoms with Crippen LogP contribution in [0.4, 0.5) is 0 Å². The molecule has 0 bridgehead atoms. The first-order chi connectivity index (χ1) is 53.8. The van der Waals surface area contributed by atoms with Crippen LogP contribution in [-0.4, -0.2) is 175 Å². The minimum atomic E-state index is -4.58. The molecule has 0 spiro atoms. The van der Waals surface area contributed by atoms with Crippen molar-refractivity contribution >= 4 is 41.7 Å². The van der Waals surface area contributed by atoms with E-state index in [1.54, 1.807) is 37.4 Å². The number of hydrogen-bond acceptors (Lipinski definition) is 22. The number of likely N-dealkylation sites (N-methyl/N-ethyl adjacent to an activating group) is 2. The Morgan fingerprint density at radius 3 is 1.24 bits per heavy atom. The average Bonchev–Trinajstić information content (AvgIpc) is 0.888. The summed E-state index contributed by atoms with van der Waals surface area (Å²) in [6, 6.07) is 39.4. The monoisotopic (exact) mass is 1610 g/mol. The summed E-state index contributed by atoms with van der Waals surface area (Å²) in [5.74, 6) is -0.863. The number of ether oxygens (including phenoxy) is 6. The van der Waals surface area contributed by atoms with Crippen LogP contribution in [0, 0.1) is 0 Å². The van der Waals surface area contributed by atoms with Crippen molar-refractivity contribution in [3.05, 3.63) is 168 Å². The summed E-state index contributed by atoms with van der Waals surface area (Å²) in [7, 11) is -4.70. The maximum atomic E-state index is 12.8. The van der Waals surface area contributed by atoms with Crippen molar-refractivity contribution in [1.29, 1.82) is 0 Å². The highest BCUT2D eigenvalue weighted by molar-refractivity contribution is 7.48. The molecule has 0 aliphatic carbocycles. The lowest BCUT2D eigenvalue weighted by Gasteiger charge is -2.25. The van der Waals surface area contributed by atoms with Gasteiger partial charge in [-0.15, -0.1) is 0 Å². The molecule has 0 aromatic heterocycles. The third-order valence-corrected chi connectivity index (χ3v) is 20.0. The lowest BCUT2D eigenvalue weighted by atomic mass is 9.86. The Bertz CT molecular complexity index is 2910. The molecule has 4 rings (SSSR count). The fourth-order valence-electron chi connectivity index (χ4n) is 10.5. The smallest absolute Gasteiger partial charge is 0.474 e. The number of benzene rings is 4. The Balaban J connectivity index is 0.00000170. The van der Waals surface area contributed by atoms with Gasteiger partial charge in [0.25, 0.3) is 7.82 Å². The highest BCUT2D eigenvalue weighted by Crippen LogP contribution is 2.48. The van der Waals surface area contributed by atoms with E-state index in [2.05, 4.69) is 43.9 Å². The average molecular weight is 1610 g/mol. The summed E-state index contributed by atoms with van der Waals surface area (Å²) in [6.45, 7) is 10.6. The van der Waals surface area contributed by atoms with Crippen LogP contribution in [0.5, 0.6) is 0 Å². The molecule has 5 atom stereocenters. The van der Waals surface area contributed by atoms with Gasteiger partial charge in [-0.1, -0.05) is 270 Å². The van der Waals surface area contributed by atoms with E-state index in [1.165, 1.54) is 97.0 Å². The Morgan fingerprint density at radius 2 is 0.848 bits per heavy atom. The number of aliphatic hydroxyl groups excluding tert-OH is 2. The van der Waals surface area contributed by atoms with E-state index in [0.29, 0.717) is 52.5 Å². The number of esters is 2. The second-order valence-corrected chi connectivity index (χ2v) is 30.8. The molecule has 27 heteroatoms. The van der Waals surface area contributed by atoms with Crippen molar-refractivity contribution in [2.24, 2.45) is 0 Å². The van der Waals surface area contributed by atoms with Gasteiger partial charge in [0.2, 0.25) is 0 Å². The van der Waals surface area contributed by atoms with Crippen molar-refractivity contribution in [3.63, 3.8) is 0 Å². The van der Waals surface area contributed by atoms with Crippen LogP contribution >= 0.6 is 15.6 Å². The van der Waals surface area contributed by atoms with E-state index in [0.717, 1.165) is 92.9 Å². The van der Waals surface area contributed by atoms with Crippen LogP contribution in [0.2, 0.25) is 13.6 Å². The molecule has 4 aromatic carbocycles. The third-order valence-electron chi connectivity index (χ3n) is 17.6. The van der Waals surface area contributed by atoms with E-state index in [1.807, 2.05) is 121 Å². The number of allylic oxidation sites excluding steroid dienone is 4. The predicted molar refractivity (Wildman–Crippen MR) is 450 cm³/mol. The molecule has 0 heterocycles. The van der Waals surface area contributed by atoms with Crippen LogP contribution in [-0.2, 0) is 96.2 Å². The number of carbonyl (C=O) groups is 2. The molecule has 5 unspecified atom stereocenters. The zero-order valence-electron chi connectivity index (χ0n) is 68.7. The minimum Gasteiger partial charge on any atom is -0.756 e. The number of carbonyl (C=O) groups excluding carboxylic acids is 2. The number of nitrogens with zero attached hydrogens (tertiary/aromatic N) is 2. The van der Waals surface area contributed by atoms with Gasteiger partial charge in [0.05, 0.1) is 79.2 Å². The molecule has 0 radical (unpaired) electrons. The number of aliphatic hydroxyl groups is 2. The van der Waals surface area contributed by atoms with E-state index in [-0.39, 0.29) is 79.2 Å². The Hall–Kier alpha value is -4.79. The lowest BCUT2D eigenvalue weighted by Crippen LogP contribution is -2.52. The normalized spacial score (nSPS) is 13.2. The maximum absolute atomic E-state index is 12.8. The van der Waals surface area contributed by atoms with Crippen LogP contribution < -0.4 is 10.6 Å². The summed E-state index contributed by atoms with van der Waals surface area (Å²) in [6.07, 6.45) is 38.3. The van der Waals surface area contributed by atoms with Crippen molar-refractivity contribution in [2.75, 3.05) is 100 Å². The van der Waals surface area contributed by atoms with Crippen molar-refractivity contribution in [1.82, 2.24) is 9.62 Å². The van der Waals surface area contributed by atoms with Crippen molar-refractivity contribution < 1.29 is 101 Å². The molecule has 4 aromatic rings. The second-order valence-electron chi connectivity index (χ2n) is 27.6. The van der Waals surface area contributed by atoms with Gasteiger partial charge in [0.15, 0.2) is 6.10 Å². The van der Waals surface area contributed by atoms with Gasteiger partial charge in [-0.25, -0.2) is 4.57 Å². The fraction of sp³-hybridized carbons (Fsp3) is 0.647. The molecule has 0 amide bonds. The zero-order valence-corrected chi connectivity index (χ0v) is 70.5. The molecular weight excluding hydrogens is 1470 g/mol. The van der Waals surface area contributed by atoms with E-state index in [9.17, 15) is 33.7 Å². The summed E-state index contributed by atoms with van der Waals surface area (Å²) in [5, 5.41) is 35.9. The molecule has 0 aliphatic rings. The Labute approximate surface area is 676 Å².